The molecule has 2 fully saturated rings. The van der Waals surface area contributed by atoms with Crippen molar-refractivity contribution in [1.82, 2.24) is 4.90 Å². The number of hydrogen-bond acceptors (Lipinski definition) is 2. The highest BCUT2D eigenvalue weighted by molar-refractivity contribution is 4.97. The molecule has 3 unspecified atom stereocenters. The zero-order valence-corrected chi connectivity index (χ0v) is 8.63. The Bertz CT molecular complexity index is 183. The van der Waals surface area contributed by atoms with E-state index in [2.05, 4.69) is 11.8 Å². The van der Waals surface area contributed by atoms with Crippen LogP contribution >= 0.6 is 0 Å². The summed E-state index contributed by atoms with van der Waals surface area (Å²) in [6, 6.07) is 0. The van der Waals surface area contributed by atoms with Crippen LogP contribution < -0.4 is 0 Å². The number of fused-ring (bicyclic) bond motifs is 2. The molecule has 2 aliphatic rings. The number of hydrogen-bond donors (Lipinski definition) is 1. The summed E-state index contributed by atoms with van der Waals surface area (Å²) in [5.74, 6) is 0.577. The highest BCUT2D eigenvalue weighted by Gasteiger charge is 2.43. The Labute approximate surface area is 80.9 Å². The van der Waals surface area contributed by atoms with Crippen molar-refractivity contribution in [2.75, 3.05) is 19.6 Å². The third-order valence-electron chi connectivity index (χ3n) is 3.86. The van der Waals surface area contributed by atoms with E-state index in [4.69, 9.17) is 0 Å². The van der Waals surface area contributed by atoms with Gasteiger partial charge in [0.2, 0.25) is 0 Å². The maximum atomic E-state index is 10.5. The van der Waals surface area contributed by atoms with E-state index in [1.807, 2.05) is 0 Å². The van der Waals surface area contributed by atoms with Crippen LogP contribution in [0.1, 0.15) is 39.0 Å². The zero-order chi connectivity index (χ0) is 9.31. The summed E-state index contributed by atoms with van der Waals surface area (Å²) in [6.07, 6.45) is 5.66. The van der Waals surface area contributed by atoms with Crippen molar-refractivity contribution >= 4 is 0 Å². The Morgan fingerprint density at radius 2 is 2.31 bits per heavy atom. The van der Waals surface area contributed by atoms with Crippen molar-refractivity contribution in [3.05, 3.63) is 0 Å². The van der Waals surface area contributed by atoms with E-state index in [9.17, 15) is 5.11 Å². The second-order valence-corrected chi connectivity index (χ2v) is 4.74. The van der Waals surface area contributed by atoms with Gasteiger partial charge in [0.1, 0.15) is 0 Å². The minimum absolute atomic E-state index is 0.303. The summed E-state index contributed by atoms with van der Waals surface area (Å²) in [5.41, 5.74) is -0.303. The molecule has 76 valence electrons. The molecule has 2 heterocycles. The summed E-state index contributed by atoms with van der Waals surface area (Å²) in [5, 5.41) is 10.5. The van der Waals surface area contributed by atoms with E-state index in [0.717, 1.165) is 25.9 Å². The zero-order valence-electron chi connectivity index (χ0n) is 8.63. The molecule has 3 atom stereocenters. The van der Waals surface area contributed by atoms with E-state index < -0.39 is 0 Å². The summed E-state index contributed by atoms with van der Waals surface area (Å²) < 4.78 is 0. The van der Waals surface area contributed by atoms with E-state index >= 15 is 0 Å². The van der Waals surface area contributed by atoms with E-state index in [1.54, 1.807) is 0 Å². The first-order valence-corrected chi connectivity index (χ1v) is 5.69. The van der Waals surface area contributed by atoms with Crippen LogP contribution in [0.5, 0.6) is 0 Å². The van der Waals surface area contributed by atoms with Gasteiger partial charge in [-0.3, -0.25) is 0 Å². The van der Waals surface area contributed by atoms with Gasteiger partial charge in [-0.1, -0.05) is 19.8 Å². The molecule has 2 heteroatoms. The molecule has 2 aliphatic heterocycles. The third-order valence-corrected chi connectivity index (χ3v) is 3.86. The van der Waals surface area contributed by atoms with Gasteiger partial charge in [0.25, 0.3) is 0 Å². The van der Waals surface area contributed by atoms with Gasteiger partial charge in [0, 0.05) is 19.0 Å². The number of unbranched alkanes of at least 4 members (excludes halogenated alkanes) is 1. The molecular formula is C11H21NO. The number of rotatable bonds is 3. The number of nitrogens with zero attached hydrogens (tertiary/aromatic N) is 1. The van der Waals surface area contributed by atoms with Crippen LogP contribution in [0.4, 0.5) is 0 Å². The Morgan fingerprint density at radius 1 is 1.46 bits per heavy atom. The van der Waals surface area contributed by atoms with Crippen LogP contribution in [-0.4, -0.2) is 35.2 Å². The van der Waals surface area contributed by atoms with Crippen molar-refractivity contribution in [2.45, 2.75) is 44.6 Å². The minimum atomic E-state index is -0.303. The molecular weight excluding hydrogens is 162 g/mol. The Balaban J connectivity index is 1.96. The topological polar surface area (TPSA) is 23.5 Å². The monoisotopic (exact) mass is 183 g/mol. The maximum Gasteiger partial charge on any atom is 0.0700 e. The average Bonchev–Trinajstić information content (AvgIpc) is 2.55. The van der Waals surface area contributed by atoms with Gasteiger partial charge in [-0.2, -0.15) is 0 Å². The van der Waals surface area contributed by atoms with Gasteiger partial charge in [-0.15, -0.1) is 0 Å². The van der Waals surface area contributed by atoms with Crippen molar-refractivity contribution in [3.8, 4) is 0 Å². The largest absolute Gasteiger partial charge is 0.390 e. The molecule has 2 nitrogen and oxygen atoms in total. The smallest absolute Gasteiger partial charge is 0.0700 e. The Morgan fingerprint density at radius 3 is 3.08 bits per heavy atom. The molecule has 13 heavy (non-hydrogen) atoms. The van der Waals surface area contributed by atoms with Gasteiger partial charge in [-0.05, 0) is 25.8 Å². The standard InChI is InChI=1S/C11H21NO/c1-2-3-5-11(13)6-8-12-7-4-10(11)9-12/h10,13H,2-9H2,1H3. The molecule has 2 saturated heterocycles. The fourth-order valence-corrected chi connectivity index (χ4v) is 2.84. The fourth-order valence-electron chi connectivity index (χ4n) is 2.84. The first kappa shape index (κ1) is 9.47. The predicted octanol–water partition coefficient (Wildman–Crippen LogP) is 1.63. The lowest BCUT2D eigenvalue weighted by Crippen LogP contribution is -2.46. The summed E-state index contributed by atoms with van der Waals surface area (Å²) >= 11 is 0. The lowest BCUT2D eigenvalue weighted by molar-refractivity contribution is -0.0523. The summed E-state index contributed by atoms with van der Waals surface area (Å²) in [6.45, 7) is 5.70. The van der Waals surface area contributed by atoms with Crippen LogP contribution in [0.3, 0.4) is 0 Å². The molecule has 0 spiro atoms. The van der Waals surface area contributed by atoms with Crippen LogP contribution in [0.25, 0.3) is 0 Å². The maximum absolute atomic E-state index is 10.5. The van der Waals surface area contributed by atoms with Crippen molar-refractivity contribution in [2.24, 2.45) is 5.92 Å². The molecule has 2 bridgehead atoms. The first-order chi connectivity index (χ1) is 6.24. The highest BCUT2D eigenvalue weighted by atomic mass is 16.3. The van der Waals surface area contributed by atoms with Crippen LogP contribution in [0.15, 0.2) is 0 Å². The van der Waals surface area contributed by atoms with E-state index in [-0.39, 0.29) is 5.60 Å². The number of piperidine rings is 1. The molecule has 0 aromatic heterocycles. The minimum Gasteiger partial charge on any atom is -0.390 e. The molecule has 2 rings (SSSR count). The second kappa shape index (κ2) is 3.58. The van der Waals surface area contributed by atoms with Crippen LogP contribution in [-0.2, 0) is 0 Å². The van der Waals surface area contributed by atoms with Gasteiger partial charge in [0.05, 0.1) is 5.60 Å². The van der Waals surface area contributed by atoms with Gasteiger partial charge < -0.3 is 10.0 Å². The Kier molecular flexibility index (Phi) is 2.61. The normalized spacial score (nSPS) is 43.8. The fraction of sp³-hybridized carbons (Fsp3) is 1.00. The van der Waals surface area contributed by atoms with Gasteiger partial charge in [-0.25, -0.2) is 0 Å². The average molecular weight is 183 g/mol. The Hall–Kier alpha value is -0.0800. The van der Waals surface area contributed by atoms with Gasteiger partial charge >= 0.3 is 0 Å². The van der Waals surface area contributed by atoms with E-state index in [0.29, 0.717) is 5.92 Å². The highest BCUT2D eigenvalue weighted by Crippen LogP contribution is 2.38. The van der Waals surface area contributed by atoms with Crippen molar-refractivity contribution in [1.29, 1.82) is 0 Å². The molecule has 0 aromatic rings. The third kappa shape index (κ3) is 1.75. The molecule has 0 amide bonds. The molecule has 0 saturated carbocycles. The quantitative estimate of drug-likeness (QED) is 0.719. The van der Waals surface area contributed by atoms with Crippen LogP contribution in [0, 0.1) is 5.92 Å². The summed E-state index contributed by atoms with van der Waals surface area (Å²) in [4.78, 5) is 2.49. The second-order valence-electron chi connectivity index (χ2n) is 4.74. The molecule has 0 aliphatic carbocycles. The molecule has 1 N–H and O–H groups in total. The van der Waals surface area contributed by atoms with Gasteiger partial charge in [0.15, 0.2) is 0 Å². The lowest BCUT2D eigenvalue weighted by atomic mass is 9.79. The SMILES string of the molecule is CCCCC1(O)CCN2CCC1C2. The summed E-state index contributed by atoms with van der Waals surface area (Å²) in [7, 11) is 0. The molecule has 0 aromatic carbocycles. The lowest BCUT2D eigenvalue weighted by Gasteiger charge is -2.38. The van der Waals surface area contributed by atoms with Crippen molar-refractivity contribution < 1.29 is 5.11 Å². The molecule has 0 radical (unpaired) electrons. The van der Waals surface area contributed by atoms with Crippen LogP contribution in [0.2, 0.25) is 0 Å². The van der Waals surface area contributed by atoms with E-state index in [1.165, 1.54) is 25.8 Å². The van der Waals surface area contributed by atoms with Crippen molar-refractivity contribution in [3.63, 3.8) is 0 Å². The predicted molar refractivity (Wildman–Crippen MR) is 53.6 cm³/mol. The first-order valence-electron chi connectivity index (χ1n) is 5.69. The number of aliphatic hydroxyl groups is 1.